The summed E-state index contributed by atoms with van der Waals surface area (Å²) in [5.74, 6) is -0.188. The average molecular weight is 313 g/mol. The quantitative estimate of drug-likeness (QED) is 0.824. The number of carbonyl (C=O) groups is 1. The third-order valence-corrected chi connectivity index (χ3v) is 3.99. The van der Waals surface area contributed by atoms with Gasteiger partial charge in [0.15, 0.2) is 0 Å². The maximum Gasteiger partial charge on any atom is 0.274 e. The molecule has 0 saturated carbocycles. The molecule has 0 N–H and O–H groups in total. The predicted octanol–water partition coefficient (Wildman–Crippen LogP) is 2.88. The van der Waals surface area contributed by atoms with Crippen LogP contribution in [-0.4, -0.2) is 27.6 Å². The predicted molar refractivity (Wildman–Crippen MR) is 90.4 cm³/mol. The van der Waals surface area contributed by atoms with Gasteiger partial charge in [-0.25, -0.2) is 4.68 Å². The lowest BCUT2D eigenvalue weighted by atomic mass is 10.1. The summed E-state index contributed by atoms with van der Waals surface area (Å²) in [6, 6.07) is 12.7. The third-order valence-electron chi connectivity index (χ3n) is 3.99. The molecule has 1 aromatic carbocycles. The minimum Gasteiger partial charge on any atom is -0.334 e. The van der Waals surface area contributed by atoms with E-state index in [4.69, 9.17) is 0 Å². The molecule has 2 rings (SSSR count). The van der Waals surface area contributed by atoms with Gasteiger partial charge < -0.3 is 4.90 Å². The van der Waals surface area contributed by atoms with Crippen LogP contribution in [0.4, 0.5) is 0 Å². The molecular formula is C18H23N3O2. The number of rotatable bonds is 6. The van der Waals surface area contributed by atoms with Crippen LogP contribution in [0.1, 0.15) is 48.8 Å². The van der Waals surface area contributed by atoms with E-state index in [1.165, 1.54) is 16.8 Å². The Morgan fingerprint density at radius 1 is 1.22 bits per heavy atom. The Hall–Kier alpha value is -2.43. The Bertz CT molecular complexity index is 710. The number of aryl methyl sites for hydroxylation is 1. The van der Waals surface area contributed by atoms with Crippen LogP contribution in [-0.2, 0) is 6.54 Å². The second-order valence-corrected chi connectivity index (χ2v) is 5.64. The maximum absolute atomic E-state index is 12.6. The summed E-state index contributed by atoms with van der Waals surface area (Å²) in [6.45, 7) is 4.56. The first-order valence-corrected chi connectivity index (χ1v) is 7.95. The van der Waals surface area contributed by atoms with Crippen molar-refractivity contribution in [1.29, 1.82) is 0 Å². The van der Waals surface area contributed by atoms with Crippen molar-refractivity contribution in [3.8, 4) is 0 Å². The molecule has 0 fully saturated rings. The summed E-state index contributed by atoms with van der Waals surface area (Å²) >= 11 is 0. The zero-order valence-corrected chi connectivity index (χ0v) is 13.9. The van der Waals surface area contributed by atoms with Crippen LogP contribution in [0.2, 0.25) is 0 Å². The van der Waals surface area contributed by atoms with E-state index < -0.39 is 0 Å². The Balaban J connectivity index is 2.21. The highest BCUT2D eigenvalue weighted by molar-refractivity contribution is 5.92. The highest BCUT2D eigenvalue weighted by Crippen LogP contribution is 2.19. The molecule has 5 heteroatoms. The molecular weight excluding hydrogens is 290 g/mol. The van der Waals surface area contributed by atoms with Crippen LogP contribution in [0, 0.1) is 0 Å². The number of hydrogen-bond acceptors (Lipinski definition) is 3. The highest BCUT2D eigenvalue weighted by Gasteiger charge is 2.20. The van der Waals surface area contributed by atoms with Crippen LogP contribution in [0.3, 0.4) is 0 Å². The van der Waals surface area contributed by atoms with E-state index in [0.29, 0.717) is 12.2 Å². The highest BCUT2D eigenvalue weighted by atomic mass is 16.2. The minimum absolute atomic E-state index is 0.0680. The SMILES string of the molecule is CCCCn1nc(C(=O)N(C)C(C)c2ccccc2)ccc1=O. The second kappa shape index (κ2) is 7.72. The Morgan fingerprint density at radius 3 is 2.57 bits per heavy atom. The molecule has 0 aliphatic rings. The van der Waals surface area contributed by atoms with E-state index >= 15 is 0 Å². The van der Waals surface area contributed by atoms with Gasteiger partial charge in [0.25, 0.3) is 11.5 Å². The maximum atomic E-state index is 12.6. The van der Waals surface area contributed by atoms with E-state index in [0.717, 1.165) is 18.4 Å². The van der Waals surface area contributed by atoms with Crippen LogP contribution < -0.4 is 5.56 Å². The fourth-order valence-corrected chi connectivity index (χ4v) is 2.34. The first-order chi connectivity index (χ1) is 11.0. The molecule has 1 amide bonds. The van der Waals surface area contributed by atoms with Gasteiger partial charge in [-0.2, -0.15) is 5.10 Å². The lowest BCUT2D eigenvalue weighted by molar-refractivity contribution is 0.0733. The number of unbranched alkanes of at least 4 members (excludes halogenated alkanes) is 1. The van der Waals surface area contributed by atoms with E-state index in [2.05, 4.69) is 12.0 Å². The van der Waals surface area contributed by atoms with E-state index in [1.54, 1.807) is 11.9 Å². The van der Waals surface area contributed by atoms with Gasteiger partial charge in [0.2, 0.25) is 0 Å². The topological polar surface area (TPSA) is 55.2 Å². The van der Waals surface area contributed by atoms with Gasteiger partial charge in [-0.3, -0.25) is 9.59 Å². The van der Waals surface area contributed by atoms with Gasteiger partial charge in [0, 0.05) is 19.7 Å². The number of nitrogens with zero attached hydrogens (tertiary/aromatic N) is 3. The zero-order valence-electron chi connectivity index (χ0n) is 13.9. The first kappa shape index (κ1) is 16.9. The summed E-state index contributed by atoms with van der Waals surface area (Å²) in [6.07, 6.45) is 1.83. The molecule has 1 aromatic heterocycles. The molecule has 0 saturated heterocycles. The van der Waals surface area contributed by atoms with Crippen molar-refractivity contribution >= 4 is 5.91 Å². The first-order valence-electron chi connectivity index (χ1n) is 7.95. The van der Waals surface area contributed by atoms with Crippen molar-refractivity contribution in [2.75, 3.05) is 7.05 Å². The largest absolute Gasteiger partial charge is 0.334 e. The van der Waals surface area contributed by atoms with E-state index in [9.17, 15) is 9.59 Å². The fraction of sp³-hybridized carbons (Fsp3) is 0.389. The summed E-state index contributed by atoms with van der Waals surface area (Å²) < 4.78 is 1.37. The molecule has 1 heterocycles. The van der Waals surface area contributed by atoms with Crippen molar-refractivity contribution in [1.82, 2.24) is 14.7 Å². The fourth-order valence-electron chi connectivity index (χ4n) is 2.34. The second-order valence-electron chi connectivity index (χ2n) is 5.64. The zero-order chi connectivity index (χ0) is 16.8. The molecule has 0 spiro atoms. The molecule has 0 aliphatic heterocycles. The average Bonchev–Trinajstić information content (AvgIpc) is 2.60. The van der Waals surface area contributed by atoms with Gasteiger partial charge in [-0.15, -0.1) is 0 Å². The van der Waals surface area contributed by atoms with Crippen molar-refractivity contribution in [3.63, 3.8) is 0 Å². The van der Waals surface area contributed by atoms with Crippen molar-refractivity contribution in [2.45, 2.75) is 39.3 Å². The van der Waals surface area contributed by atoms with Gasteiger partial charge >= 0.3 is 0 Å². The standard InChI is InChI=1S/C18H23N3O2/c1-4-5-13-21-17(22)12-11-16(19-21)18(23)20(3)14(2)15-9-7-6-8-10-15/h6-12,14H,4-5,13H2,1-3H3. The smallest absolute Gasteiger partial charge is 0.274 e. The lowest BCUT2D eigenvalue weighted by Gasteiger charge is -2.25. The number of aromatic nitrogens is 2. The number of hydrogen-bond donors (Lipinski definition) is 0. The van der Waals surface area contributed by atoms with Crippen molar-refractivity contribution in [3.05, 3.63) is 64.1 Å². The minimum atomic E-state index is -0.188. The summed E-state index contributed by atoms with van der Waals surface area (Å²) in [5, 5.41) is 4.22. The molecule has 0 aliphatic carbocycles. The Labute approximate surface area is 136 Å². The number of carbonyl (C=O) groups excluding carboxylic acids is 1. The molecule has 0 radical (unpaired) electrons. The van der Waals surface area contributed by atoms with Gasteiger partial charge in [0.05, 0.1) is 6.04 Å². The van der Waals surface area contributed by atoms with Gasteiger partial charge in [-0.1, -0.05) is 43.7 Å². The third kappa shape index (κ3) is 4.06. The van der Waals surface area contributed by atoms with Gasteiger partial charge in [0.1, 0.15) is 5.69 Å². The molecule has 2 aromatic rings. The van der Waals surface area contributed by atoms with Crippen LogP contribution in [0.5, 0.6) is 0 Å². The molecule has 23 heavy (non-hydrogen) atoms. The van der Waals surface area contributed by atoms with Crippen molar-refractivity contribution in [2.24, 2.45) is 0 Å². The van der Waals surface area contributed by atoms with Crippen LogP contribution in [0.25, 0.3) is 0 Å². The monoisotopic (exact) mass is 313 g/mol. The molecule has 5 nitrogen and oxygen atoms in total. The van der Waals surface area contributed by atoms with Crippen LogP contribution in [0.15, 0.2) is 47.3 Å². The summed E-state index contributed by atoms with van der Waals surface area (Å²) in [7, 11) is 1.75. The summed E-state index contributed by atoms with van der Waals surface area (Å²) in [4.78, 5) is 26.1. The van der Waals surface area contributed by atoms with Gasteiger partial charge in [-0.05, 0) is 25.0 Å². The normalized spacial score (nSPS) is 12.0. The van der Waals surface area contributed by atoms with Crippen LogP contribution >= 0.6 is 0 Å². The molecule has 1 atom stereocenters. The van der Waals surface area contributed by atoms with E-state index in [1.807, 2.05) is 37.3 Å². The Kier molecular flexibility index (Phi) is 5.68. The number of amides is 1. The number of benzene rings is 1. The van der Waals surface area contributed by atoms with Crippen molar-refractivity contribution < 1.29 is 4.79 Å². The summed E-state index contributed by atoms with van der Waals surface area (Å²) in [5.41, 5.74) is 1.18. The Morgan fingerprint density at radius 2 is 1.91 bits per heavy atom. The van der Waals surface area contributed by atoms with E-state index in [-0.39, 0.29) is 17.5 Å². The lowest BCUT2D eigenvalue weighted by Crippen LogP contribution is -2.33. The molecule has 0 bridgehead atoms. The molecule has 122 valence electrons. The molecule has 1 unspecified atom stereocenters.